The van der Waals surface area contributed by atoms with Crippen LogP contribution in [-0.2, 0) is 13.0 Å². The lowest BCUT2D eigenvalue weighted by atomic mass is 10.0. The number of para-hydroxylation sites is 1. The largest absolute Gasteiger partial charge is 0.396 e. The van der Waals surface area contributed by atoms with Crippen molar-refractivity contribution in [3.05, 3.63) is 59.4 Å². The lowest BCUT2D eigenvalue weighted by molar-refractivity contribution is 0.602. The molecule has 0 amide bonds. The van der Waals surface area contributed by atoms with E-state index >= 15 is 0 Å². The SMILES string of the molecule is Nc1cccc(CN2CCCc3ccccc32)c1F. The van der Waals surface area contributed by atoms with Crippen molar-refractivity contribution in [2.45, 2.75) is 19.4 Å². The second-order valence-corrected chi connectivity index (χ2v) is 4.97. The fourth-order valence-corrected chi connectivity index (χ4v) is 2.70. The van der Waals surface area contributed by atoms with E-state index in [0.29, 0.717) is 12.1 Å². The Morgan fingerprint density at radius 1 is 1.11 bits per heavy atom. The first-order chi connectivity index (χ1) is 9.25. The van der Waals surface area contributed by atoms with E-state index in [1.807, 2.05) is 18.2 Å². The molecule has 1 aliphatic heterocycles. The minimum atomic E-state index is -0.287. The van der Waals surface area contributed by atoms with Crippen LogP contribution in [0.4, 0.5) is 15.8 Å². The van der Waals surface area contributed by atoms with E-state index in [-0.39, 0.29) is 11.5 Å². The van der Waals surface area contributed by atoms with Gasteiger partial charge in [0.2, 0.25) is 0 Å². The Morgan fingerprint density at radius 3 is 2.84 bits per heavy atom. The number of benzene rings is 2. The molecular formula is C16H17FN2. The first-order valence-electron chi connectivity index (χ1n) is 6.61. The predicted molar refractivity (Wildman–Crippen MR) is 76.6 cm³/mol. The molecule has 0 atom stereocenters. The van der Waals surface area contributed by atoms with Crippen LogP contribution in [0, 0.1) is 5.82 Å². The number of hydrogen-bond acceptors (Lipinski definition) is 2. The van der Waals surface area contributed by atoms with Crippen molar-refractivity contribution >= 4 is 11.4 Å². The summed E-state index contributed by atoms with van der Waals surface area (Å²) in [4.78, 5) is 2.23. The molecule has 1 aliphatic rings. The molecule has 0 saturated heterocycles. The molecule has 1 heterocycles. The number of nitrogen functional groups attached to an aromatic ring is 1. The van der Waals surface area contributed by atoms with E-state index in [4.69, 9.17) is 5.73 Å². The smallest absolute Gasteiger partial charge is 0.151 e. The summed E-state index contributed by atoms with van der Waals surface area (Å²) in [6.07, 6.45) is 2.22. The van der Waals surface area contributed by atoms with E-state index in [2.05, 4.69) is 23.1 Å². The molecule has 0 aromatic heterocycles. The third-order valence-corrected chi connectivity index (χ3v) is 3.68. The average Bonchev–Trinajstić information content (AvgIpc) is 2.44. The highest BCUT2D eigenvalue weighted by Gasteiger charge is 2.17. The number of rotatable bonds is 2. The molecule has 0 unspecified atom stereocenters. The van der Waals surface area contributed by atoms with Gasteiger partial charge in [0.05, 0.1) is 5.69 Å². The zero-order chi connectivity index (χ0) is 13.2. The molecular weight excluding hydrogens is 239 g/mol. The third kappa shape index (κ3) is 2.28. The quantitative estimate of drug-likeness (QED) is 0.835. The van der Waals surface area contributed by atoms with Gasteiger partial charge in [0, 0.05) is 24.3 Å². The maximum atomic E-state index is 14.0. The molecule has 0 spiro atoms. The number of aryl methyl sites for hydroxylation is 1. The predicted octanol–water partition coefficient (Wildman–Crippen LogP) is 3.36. The summed E-state index contributed by atoms with van der Waals surface area (Å²) in [7, 11) is 0. The van der Waals surface area contributed by atoms with Gasteiger partial charge >= 0.3 is 0 Å². The van der Waals surface area contributed by atoms with Gasteiger partial charge in [-0.3, -0.25) is 0 Å². The van der Waals surface area contributed by atoms with Crippen molar-refractivity contribution in [3.63, 3.8) is 0 Å². The van der Waals surface area contributed by atoms with Crippen LogP contribution in [0.25, 0.3) is 0 Å². The summed E-state index contributed by atoms with van der Waals surface area (Å²) in [5.41, 5.74) is 9.08. The fraction of sp³-hybridized carbons (Fsp3) is 0.250. The molecule has 0 bridgehead atoms. The van der Waals surface area contributed by atoms with E-state index in [1.165, 1.54) is 11.3 Å². The van der Waals surface area contributed by atoms with Crippen LogP contribution in [0.5, 0.6) is 0 Å². The maximum absolute atomic E-state index is 14.0. The molecule has 2 aromatic rings. The monoisotopic (exact) mass is 256 g/mol. The Bertz CT molecular complexity index is 595. The molecule has 0 fully saturated rings. The van der Waals surface area contributed by atoms with Gasteiger partial charge in [-0.1, -0.05) is 30.3 Å². The van der Waals surface area contributed by atoms with Crippen LogP contribution in [-0.4, -0.2) is 6.54 Å². The highest BCUT2D eigenvalue weighted by Crippen LogP contribution is 2.29. The van der Waals surface area contributed by atoms with Crippen LogP contribution in [0.3, 0.4) is 0 Å². The van der Waals surface area contributed by atoms with Gasteiger partial charge in [0.1, 0.15) is 0 Å². The molecule has 19 heavy (non-hydrogen) atoms. The zero-order valence-corrected chi connectivity index (χ0v) is 10.8. The molecule has 2 N–H and O–H groups in total. The average molecular weight is 256 g/mol. The zero-order valence-electron chi connectivity index (χ0n) is 10.8. The van der Waals surface area contributed by atoms with Crippen LogP contribution in [0.2, 0.25) is 0 Å². The van der Waals surface area contributed by atoms with Crippen molar-refractivity contribution < 1.29 is 4.39 Å². The normalized spacial score (nSPS) is 14.3. The number of fused-ring (bicyclic) bond motifs is 1. The highest BCUT2D eigenvalue weighted by molar-refractivity contribution is 5.56. The van der Waals surface area contributed by atoms with E-state index < -0.39 is 0 Å². The molecule has 3 heteroatoms. The molecule has 0 saturated carbocycles. The fourth-order valence-electron chi connectivity index (χ4n) is 2.70. The van der Waals surface area contributed by atoms with E-state index in [9.17, 15) is 4.39 Å². The van der Waals surface area contributed by atoms with Crippen LogP contribution in [0.1, 0.15) is 17.5 Å². The van der Waals surface area contributed by atoms with Gasteiger partial charge < -0.3 is 10.6 Å². The number of hydrogen-bond donors (Lipinski definition) is 1. The summed E-state index contributed by atoms with van der Waals surface area (Å²) in [5.74, 6) is -0.287. The summed E-state index contributed by atoms with van der Waals surface area (Å²) < 4.78 is 14.0. The molecule has 2 aromatic carbocycles. The number of nitrogens with two attached hydrogens (primary N) is 1. The third-order valence-electron chi connectivity index (χ3n) is 3.68. The molecule has 98 valence electrons. The topological polar surface area (TPSA) is 29.3 Å². The van der Waals surface area contributed by atoms with Gasteiger partial charge in [0.15, 0.2) is 5.82 Å². The minimum absolute atomic E-state index is 0.225. The maximum Gasteiger partial charge on any atom is 0.151 e. The van der Waals surface area contributed by atoms with Gasteiger partial charge in [-0.2, -0.15) is 0 Å². The van der Waals surface area contributed by atoms with Gasteiger partial charge in [0.25, 0.3) is 0 Å². The van der Waals surface area contributed by atoms with Crippen molar-refractivity contribution in [2.75, 3.05) is 17.2 Å². The molecule has 0 aliphatic carbocycles. The number of anilines is 2. The molecule has 3 rings (SSSR count). The summed E-state index contributed by atoms with van der Waals surface area (Å²) in [5, 5.41) is 0. The van der Waals surface area contributed by atoms with Crippen LogP contribution < -0.4 is 10.6 Å². The Labute approximate surface area is 112 Å². The lowest BCUT2D eigenvalue weighted by Gasteiger charge is -2.31. The first-order valence-corrected chi connectivity index (χ1v) is 6.61. The number of nitrogens with zero attached hydrogens (tertiary/aromatic N) is 1. The van der Waals surface area contributed by atoms with Crippen LogP contribution >= 0.6 is 0 Å². The Balaban J connectivity index is 1.91. The van der Waals surface area contributed by atoms with Gasteiger partial charge in [-0.15, -0.1) is 0 Å². The van der Waals surface area contributed by atoms with Crippen molar-refractivity contribution in [3.8, 4) is 0 Å². The molecule has 2 nitrogen and oxygen atoms in total. The standard InChI is InChI=1S/C16H17FN2/c17-16-13(6-3-8-14(16)18)11-19-10-4-7-12-5-1-2-9-15(12)19/h1-3,5-6,8-9H,4,7,10-11,18H2. The highest BCUT2D eigenvalue weighted by atomic mass is 19.1. The second kappa shape index (κ2) is 4.92. The Kier molecular flexibility index (Phi) is 3.11. The summed E-state index contributed by atoms with van der Waals surface area (Å²) in [6.45, 7) is 1.54. The lowest BCUT2D eigenvalue weighted by Crippen LogP contribution is -2.29. The van der Waals surface area contributed by atoms with Gasteiger partial charge in [-0.25, -0.2) is 4.39 Å². The minimum Gasteiger partial charge on any atom is -0.396 e. The Morgan fingerprint density at radius 2 is 1.95 bits per heavy atom. The van der Waals surface area contributed by atoms with Crippen molar-refractivity contribution in [1.29, 1.82) is 0 Å². The first kappa shape index (κ1) is 12.0. The van der Waals surface area contributed by atoms with E-state index in [0.717, 1.165) is 19.4 Å². The van der Waals surface area contributed by atoms with Crippen molar-refractivity contribution in [2.24, 2.45) is 0 Å². The van der Waals surface area contributed by atoms with Crippen LogP contribution in [0.15, 0.2) is 42.5 Å². The molecule has 0 radical (unpaired) electrons. The van der Waals surface area contributed by atoms with E-state index in [1.54, 1.807) is 6.07 Å². The summed E-state index contributed by atoms with van der Waals surface area (Å²) in [6, 6.07) is 13.6. The Hall–Kier alpha value is -2.03. The van der Waals surface area contributed by atoms with Gasteiger partial charge in [-0.05, 0) is 30.5 Å². The second-order valence-electron chi connectivity index (χ2n) is 4.97. The van der Waals surface area contributed by atoms with Crippen molar-refractivity contribution in [1.82, 2.24) is 0 Å². The summed E-state index contributed by atoms with van der Waals surface area (Å²) >= 11 is 0. The number of halogens is 1.